The number of benzene rings is 1. The Bertz CT molecular complexity index is 962. The standard InChI is InChI=1S/C16H15N7O3S/c1-2-22-14(11-5-3-6-12(9-11)23(25)26)20-21-16(22)27-10-13(24)19-15-17-7-4-8-18-15/h3-9H,2,10H2,1H3,(H,17,18,19,24). The highest BCUT2D eigenvalue weighted by Gasteiger charge is 2.17. The van der Waals surface area contributed by atoms with Crippen molar-refractivity contribution in [2.24, 2.45) is 0 Å². The Balaban J connectivity index is 1.73. The van der Waals surface area contributed by atoms with Gasteiger partial charge >= 0.3 is 0 Å². The van der Waals surface area contributed by atoms with Crippen molar-refractivity contribution in [3.05, 3.63) is 52.8 Å². The van der Waals surface area contributed by atoms with E-state index < -0.39 is 4.92 Å². The molecule has 0 bridgehead atoms. The van der Waals surface area contributed by atoms with E-state index in [-0.39, 0.29) is 23.3 Å². The summed E-state index contributed by atoms with van der Waals surface area (Å²) < 4.78 is 1.80. The lowest BCUT2D eigenvalue weighted by molar-refractivity contribution is -0.384. The SMILES string of the molecule is CCn1c(SCC(=O)Nc2ncccn2)nnc1-c1cccc([N+](=O)[O-])c1. The number of hydrogen-bond donors (Lipinski definition) is 1. The number of nitrogens with zero attached hydrogens (tertiary/aromatic N) is 6. The van der Waals surface area contributed by atoms with E-state index in [1.807, 2.05) is 6.92 Å². The largest absolute Gasteiger partial charge is 0.302 e. The second-order valence-corrected chi connectivity index (χ2v) is 6.21. The average Bonchev–Trinajstić information content (AvgIpc) is 3.10. The minimum absolute atomic E-state index is 0.0189. The topological polar surface area (TPSA) is 129 Å². The number of nitro benzene ring substituents is 1. The fourth-order valence-electron chi connectivity index (χ4n) is 2.31. The predicted molar refractivity (Wildman–Crippen MR) is 99.2 cm³/mol. The lowest BCUT2D eigenvalue weighted by Gasteiger charge is -2.07. The Morgan fingerprint density at radius 3 is 2.74 bits per heavy atom. The Labute approximate surface area is 158 Å². The minimum atomic E-state index is -0.457. The molecule has 3 aromatic rings. The molecule has 0 spiro atoms. The third kappa shape index (κ3) is 4.44. The Morgan fingerprint density at radius 1 is 1.26 bits per heavy atom. The van der Waals surface area contributed by atoms with Crippen molar-refractivity contribution in [3.8, 4) is 11.4 Å². The average molecular weight is 385 g/mol. The van der Waals surface area contributed by atoms with E-state index in [4.69, 9.17) is 0 Å². The van der Waals surface area contributed by atoms with E-state index in [0.717, 1.165) is 0 Å². The van der Waals surface area contributed by atoms with E-state index >= 15 is 0 Å². The quantitative estimate of drug-likeness (QED) is 0.373. The van der Waals surface area contributed by atoms with Crippen LogP contribution in [0.15, 0.2) is 47.9 Å². The number of non-ortho nitro benzene ring substituents is 1. The van der Waals surface area contributed by atoms with Crippen LogP contribution in [0.25, 0.3) is 11.4 Å². The second-order valence-electron chi connectivity index (χ2n) is 5.27. The first-order chi connectivity index (χ1) is 13.1. The molecule has 27 heavy (non-hydrogen) atoms. The van der Waals surface area contributed by atoms with Crippen LogP contribution < -0.4 is 5.32 Å². The molecule has 0 atom stereocenters. The van der Waals surface area contributed by atoms with Crippen LogP contribution in [-0.4, -0.2) is 41.3 Å². The molecule has 0 aliphatic carbocycles. The van der Waals surface area contributed by atoms with Gasteiger partial charge in [-0.3, -0.25) is 20.2 Å². The zero-order valence-electron chi connectivity index (χ0n) is 14.3. The molecule has 3 rings (SSSR count). The number of carbonyl (C=O) groups is 1. The van der Waals surface area contributed by atoms with Crippen molar-refractivity contribution in [2.75, 3.05) is 11.1 Å². The van der Waals surface area contributed by atoms with Gasteiger partial charge in [0.05, 0.1) is 10.7 Å². The highest BCUT2D eigenvalue weighted by atomic mass is 32.2. The van der Waals surface area contributed by atoms with E-state index in [0.29, 0.717) is 23.1 Å². The van der Waals surface area contributed by atoms with Crippen LogP contribution in [0.2, 0.25) is 0 Å². The lowest BCUT2D eigenvalue weighted by Crippen LogP contribution is -2.16. The van der Waals surface area contributed by atoms with Gasteiger partial charge in [-0.1, -0.05) is 23.9 Å². The van der Waals surface area contributed by atoms with Crippen LogP contribution in [0.3, 0.4) is 0 Å². The van der Waals surface area contributed by atoms with Gasteiger partial charge in [0.2, 0.25) is 11.9 Å². The molecule has 10 nitrogen and oxygen atoms in total. The molecule has 1 aromatic carbocycles. The summed E-state index contributed by atoms with van der Waals surface area (Å²) in [5.41, 5.74) is 0.571. The molecular weight excluding hydrogens is 370 g/mol. The number of amides is 1. The summed E-state index contributed by atoms with van der Waals surface area (Å²) in [5, 5.41) is 22.4. The van der Waals surface area contributed by atoms with Crippen LogP contribution in [0.5, 0.6) is 0 Å². The molecule has 0 saturated heterocycles. The highest BCUT2D eigenvalue weighted by molar-refractivity contribution is 7.99. The number of aromatic nitrogens is 5. The first-order valence-electron chi connectivity index (χ1n) is 7.96. The number of nitrogens with one attached hydrogen (secondary N) is 1. The first-order valence-corrected chi connectivity index (χ1v) is 8.94. The molecule has 0 fully saturated rings. The number of carbonyl (C=O) groups excluding carboxylic acids is 1. The third-order valence-electron chi connectivity index (χ3n) is 3.50. The maximum atomic E-state index is 12.0. The molecule has 0 unspecified atom stereocenters. The van der Waals surface area contributed by atoms with Crippen molar-refractivity contribution in [2.45, 2.75) is 18.6 Å². The van der Waals surface area contributed by atoms with Crippen molar-refractivity contribution >= 4 is 29.3 Å². The van der Waals surface area contributed by atoms with Gasteiger partial charge in [-0.25, -0.2) is 9.97 Å². The molecule has 0 saturated carbocycles. The fraction of sp³-hybridized carbons (Fsp3) is 0.188. The van der Waals surface area contributed by atoms with E-state index in [9.17, 15) is 14.9 Å². The van der Waals surface area contributed by atoms with Gasteiger partial charge in [0.25, 0.3) is 5.69 Å². The molecule has 0 radical (unpaired) electrons. The van der Waals surface area contributed by atoms with Crippen molar-refractivity contribution in [3.63, 3.8) is 0 Å². The van der Waals surface area contributed by atoms with E-state index in [1.165, 1.54) is 36.3 Å². The molecule has 1 amide bonds. The fourth-order valence-corrected chi connectivity index (χ4v) is 3.11. The maximum Gasteiger partial charge on any atom is 0.270 e. The van der Waals surface area contributed by atoms with Gasteiger partial charge in [0, 0.05) is 36.6 Å². The minimum Gasteiger partial charge on any atom is -0.302 e. The summed E-state index contributed by atoms with van der Waals surface area (Å²) in [6, 6.07) is 7.86. The first kappa shape index (κ1) is 18.5. The summed E-state index contributed by atoms with van der Waals surface area (Å²) in [4.78, 5) is 30.4. The van der Waals surface area contributed by atoms with Crippen molar-refractivity contribution in [1.29, 1.82) is 0 Å². The zero-order valence-corrected chi connectivity index (χ0v) is 15.1. The Kier molecular flexibility index (Phi) is 5.71. The molecule has 0 aliphatic heterocycles. The van der Waals surface area contributed by atoms with Crippen LogP contribution >= 0.6 is 11.8 Å². The summed E-state index contributed by atoms with van der Waals surface area (Å²) in [5.74, 6) is 0.576. The number of hydrogen-bond acceptors (Lipinski definition) is 8. The van der Waals surface area contributed by atoms with E-state index in [2.05, 4.69) is 25.5 Å². The predicted octanol–water partition coefficient (Wildman–Crippen LogP) is 2.39. The normalized spacial score (nSPS) is 10.6. The molecule has 11 heteroatoms. The summed E-state index contributed by atoms with van der Waals surface area (Å²) in [7, 11) is 0. The highest BCUT2D eigenvalue weighted by Crippen LogP contribution is 2.26. The van der Waals surface area contributed by atoms with Crippen LogP contribution in [0.4, 0.5) is 11.6 Å². The van der Waals surface area contributed by atoms with Crippen LogP contribution in [-0.2, 0) is 11.3 Å². The van der Waals surface area contributed by atoms with E-state index in [1.54, 1.807) is 22.8 Å². The number of thioether (sulfide) groups is 1. The maximum absolute atomic E-state index is 12.0. The van der Waals surface area contributed by atoms with Gasteiger partial charge in [-0.2, -0.15) is 0 Å². The summed E-state index contributed by atoms with van der Waals surface area (Å²) >= 11 is 1.21. The lowest BCUT2D eigenvalue weighted by atomic mass is 10.2. The smallest absolute Gasteiger partial charge is 0.270 e. The number of anilines is 1. The van der Waals surface area contributed by atoms with Gasteiger partial charge in [-0.15, -0.1) is 10.2 Å². The van der Waals surface area contributed by atoms with Crippen molar-refractivity contribution in [1.82, 2.24) is 24.7 Å². The molecule has 1 N–H and O–H groups in total. The van der Waals surface area contributed by atoms with Gasteiger partial charge < -0.3 is 4.57 Å². The summed E-state index contributed by atoms with van der Waals surface area (Å²) in [6.45, 7) is 2.46. The van der Waals surface area contributed by atoms with Crippen molar-refractivity contribution < 1.29 is 9.72 Å². The molecule has 2 aromatic heterocycles. The van der Waals surface area contributed by atoms with Gasteiger partial charge in [-0.05, 0) is 13.0 Å². The molecular formula is C16H15N7O3S. The van der Waals surface area contributed by atoms with Gasteiger partial charge in [0.1, 0.15) is 0 Å². The number of nitro groups is 1. The monoisotopic (exact) mass is 385 g/mol. The Morgan fingerprint density at radius 2 is 2.04 bits per heavy atom. The number of rotatable bonds is 7. The summed E-state index contributed by atoms with van der Waals surface area (Å²) in [6.07, 6.45) is 3.07. The Hall–Kier alpha value is -3.34. The van der Waals surface area contributed by atoms with Crippen LogP contribution in [0, 0.1) is 10.1 Å². The zero-order chi connectivity index (χ0) is 19.2. The van der Waals surface area contributed by atoms with Crippen LogP contribution in [0.1, 0.15) is 6.92 Å². The third-order valence-corrected chi connectivity index (χ3v) is 4.46. The second kappa shape index (κ2) is 8.36. The molecule has 0 aliphatic rings. The van der Waals surface area contributed by atoms with Gasteiger partial charge in [0.15, 0.2) is 11.0 Å². The molecule has 2 heterocycles. The molecule has 138 valence electrons.